The molecule has 0 fully saturated rings. The molecule has 5 nitrogen and oxygen atoms in total. The summed E-state index contributed by atoms with van der Waals surface area (Å²) in [5.41, 5.74) is -0.636. The molecule has 106 valence electrons. The van der Waals surface area contributed by atoms with E-state index in [9.17, 15) is 9.90 Å². The fourth-order valence-electron chi connectivity index (χ4n) is 1.45. The molecular weight excluding hydrogens is 270 g/mol. The van der Waals surface area contributed by atoms with Crippen molar-refractivity contribution in [1.82, 2.24) is 5.32 Å². The van der Waals surface area contributed by atoms with Crippen LogP contribution in [0, 0.1) is 0 Å². The molecule has 1 aromatic carbocycles. The normalized spacial score (nSPS) is 11.1. The largest absolute Gasteiger partial charge is 0.493 e. The lowest BCUT2D eigenvalue weighted by Gasteiger charge is -2.18. The number of methoxy groups -OCH3 is 2. The molecule has 0 atom stereocenters. The highest BCUT2D eigenvalue weighted by molar-refractivity contribution is 6.32. The minimum Gasteiger partial charge on any atom is -0.493 e. The first-order valence-corrected chi connectivity index (χ1v) is 6.08. The van der Waals surface area contributed by atoms with E-state index in [0.29, 0.717) is 17.1 Å². The Balaban J connectivity index is 2.95. The standard InChI is InChI=1S/C13H18ClNO4/c1-13(2,17)7-15-12(16)8-5-9(14)11(19-4)10(6-8)18-3/h5-6,17H,7H2,1-4H3,(H,15,16). The number of halogens is 1. The van der Waals surface area contributed by atoms with Crippen molar-refractivity contribution in [2.45, 2.75) is 19.4 Å². The number of rotatable bonds is 5. The predicted molar refractivity (Wildman–Crippen MR) is 73.2 cm³/mol. The molecule has 0 aliphatic carbocycles. The first-order chi connectivity index (χ1) is 8.78. The van der Waals surface area contributed by atoms with Crippen molar-refractivity contribution in [3.8, 4) is 11.5 Å². The third kappa shape index (κ3) is 4.29. The second kappa shape index (κ2) is 6.12. The van der Waals surface area contributed by atoms with E-state index in [1.54, 1.807) is 13.8 Å². The van der Waals surface area contributed by atoms with Crippen molar-refractivity contribution in [3.63, 3.8) is 0 Å². The van der Waals surface area contributed by atoms with Gasteiger partial charge >= 0.3 is 0 Å². The summed E-state index contributed by atoms with van der Waals surface area (Å²) in [6.45, 7) is 3.35. The van der Waals surface area contributed by atoms with Crippen LogP contribution in [-0.4, -0.2) is 37.4 Å². The summed E-state index contributed by atoms with van der Waals surface area (Å²) in [5, 5.41) is 12.5. The molecule has 0 saturated carbocycles. The smallest absolute Gasteiger partial charge is 0.251 e. The topological polar surface area (TPSA) is 67.8 Å². The number of hydrogen-bond donors (Lipinski definition) is 2. The van der Waals surface area contributed by atoms with Crippen LogP contribution in [0.2, 0.25) is 5.02 Å². The Morgan fingerprint density at radius 2 is 2.00 bits per heavy atom. The van der Waals surface area contributed by atoms with Gasteiger partial charge in [0, 0.05) is 12.1 Å². The van der Waals surface area contributed by atoms with Gasteiger partial charge in [-0.2, -0.15) is 0 Å². The van der Waals surface area contributed by atoms with Crippen LogP contribution < -0.4 is 14.8 Å². The van der Waals surface area contributed by atoms with E-state index in [2.05, 4.69) is 5.32 Å². The van der Waals surface area contributed by atoms with Gasteiger partial charge in [0.1, 0.15) is 0 Å². The highest BCUT2D eigenvalue weighted by Crippen LogP contribution is 2.35. The summed E-state index contributed by atoms with van der Waals surface area (Å²) in [6, 6.07) is 3.02. The third-order valence-corrected chi connectivity index (χ3v) is 2.66. The molecule has 1 aromatic rings. The van der Waals surface area contributed by atoms with Gasteiger partial charge in [-0.3, -0.25) is 4.79 Å². The molecule has 0 unspecified atom stereocenters. The van der Waals surface area contributed by atoms with Crippen LogP contribution in [0.25, 0.3) is 0 Å². The van der Waals surface area contributed by atoms with Crippen LogP contribution in [-0.2, 0) is 0 Å². The number of ether oxygens (including phenoxy) is 2. The molecule has 0 aromatic heterocycles. The fourth-order valence-corrected chi connectivity index (χ4v) is 1.74. The zero-order valence-corrected chi connectivity index (χ0v) is 12.2. The molecule has 0 heterocycles. The molecule has 0 aliphatic heterocycles. The molecule has 1 amide bonds. The van der Waals surface area contributed by atoms with Crippen molar-refractivity contribution in [3.05, 3.63) is 22.7 Å². The van der Waals surface area contributed by atoms with Gasteiger partial charge in [0.2, 0.25) is 0 Å². The van der Waals surface area contributed by atoms with Crippen LogP contribution in [0.5, 0.6) is 11.5 Å². The number of aliphatic hydroxyl groups is 1. The number of nitrogens with one attached hydrogen (secondary N) is 1. The quantitative estimate of drug-likeness (QED) is 0.867. The summed E-state index contributed by atoms with van der Waals surface area (Å²) >= 11 is 6.01. The van der Waals surface area contributed by atoms with Crippen molar-refractivity contribution < 1.29 is 19.4 Å². The Morgan fingerprint density at radius 1 is 1.37 bits per heavy atom. The number of carbonyl (C=O) groups excluding carboxylic acids is 1. The average molecular weight is 288 g/mol. The Morgan fingerprint density at radius 3 is 2.47 bits per heavy atom. The maximum atomic E-state index is 11.9. The third-order valence-electron chi connectivity index (χ3n) is 2.38. The molecule has 19 heavy (non-hydrogen) atoms. The zero-order chi connectivity index (χ0) is 14.6. The van der Waals surface area contributed by atoms with Crippen LogP contribution in [0.4, 0.5) is 0 Å². The van der Waals surface area contributed by atoms with Gasteiger partial charge in [0.05, 0.1) is 24.8 Å². The molecular formula is C13H18ClNO4. The van der Waals surface area contributed by atoms with Gasteiger partial charge in [0.15, 0.2) is 11.5 Å². The van der Waals surface area contributed by atoms with Crippen LogP contribution in [0.15, 0.2) is 12.1 Å². The first-order valence-electron chi connectivity index (χ1n) is 5.70. The van der Waals surface area contributed by atoms with Crippen LogP contribution in [0.1, 0.15) is 24.2 Å². The lowest BCUT2D eigenvalue weighted by atomic mass is 10.1. The number of hydrogen-bond acceptors (Lipinski definition) is 4. The Hall–Kier alpha value is -1.46. The monoisotopic (exact) mass is 287 g/mol. The predicted octanol–water partition coefficient (Wildman–Crippen LogP) is 1.86. The second-order valence-corrected chi connectivity index (χ2v) is 5.10. The maximum Gasteiger partial charge on any atom is 0.251 e. The second-order valence-electron chi connectivity index (χ2n) is 4.69. The molecule has 6 heteroatoms. The van der Waals surface area contributed by atoms with Gasteiger partial charge in [0.25, 0.3) is 5.91 Å². The minimum atomic E-state index is -0.976. The minimum absolute atomic E-state index is 0.137. The van der Waals surface area contributed by atoms with Crippen molar-refractivity contribution >= 4 is 17.5 Å². The highest BCUT2D eigenvalue weighted by atomic mass is 35.5. The summed E-state index contributed by atoms with van der Waals surface area (Å²) < 4.78 is 10.2. The lowest BCUT2D eigenvalue weighted by Crippen LogP contribution is -2.38. The van der Waals surface area contributed by atoms with Gasteiger partial charge in [-0.05, 0) is 26.0 Å². The summed E-state index contributed by atoms with van der Waals surface area (Å²) in [7, 11) is 2.93. The van der Waals surface area contributed by atoms with E-state index >= 15 is 0 Å². The van der Waals surface area contributed by atoms with E-state index < -0.39 is 5.60 Å². The zero-order valence-electron chi connectivity index (χ0n) is 11.4. The Bertz CT molecular complexity index is 468. The SMILES string of the molecule is COc1cc(C(=O)NCC(C)(C)O)cc(Cl)c1OC. The fraction of sp³-hybridized carbons (Fsp3) is 0.462. The van der Waals surface area contributed by atoms with Gasteiger partial charge in [-0.25, -0.2) is 0 Å². The first kappa shape index (κ1) is 15.6. The number of amides is 1. The van der Waals surface area contributed by atoms with E-state index in [4.69, 9.17) is 21.1 Å². The highest BCUT2D eigenvalue weighted by Gasteiger charge is 2.18. The molecule has 0 aliphatic rings. The number of carbonyl (C=O) groups is 1. The molecule has 0 saturated heterocycles. The molecule has 2 N–H and O–H groups in total. The molecule has 1 rings (SSSR count). The van der Waals surface area contributed by atoms with E-state index in [1.165, 1.54) is 26.4 Å². The summed E-state index contributed by atoms with van der Waals surface area (Å²) in [6.07, 6.45) is 0. The van der Waals surface area contributed by atoms with E-state index in [1.807, 2.05) is 0 Å². The van der Waals surface area contributed by atoms with E-state index in [0.717, 1.165) is 0 Å². The average Bonchev–Trinajstić information content (AvgIpc) is 2.33. The number of benzene rings is 1. The van der Waals surface area contributed by atoms with Crippen molar-refractivity contribution in [2.75, 3.05) is 20.8 Å². The Kier molecular flexibility index (Phi) is 5.03. The molecule has 0 spiro atoms. The van der Waals surface area contributed by atoms with E-state index in [-0.39, 0.29) is 17.5 Å². The summed E-state index contributed by atoms with van der Waals surface area (Å²) in [5.74, 6) is 0.414. The lowest BCUT2D eigenvalue weighted by molar-refractivity contribution is 0.0694. The Labute approximate surface area is 117 Å². The van der Waals surface area contributed by atoms with Crippen molar-refractivity contribution in [1.29, 1.82) is 0 Å². The van der Waals surface area contributed by atoms with Gasteiger partial charge < -0.3 is 19.9 Å². The van der Waals surface area contributed by atoms with Crippen molar-refractivity contribution in [2.24, 2.45) is 0 Å². The van der Waals surface area contributed by atoms with Gasteiger partial charge in [-0.1, -0.05) is 11.6 Å². The summed E-state index contributed by atoms with van der Waals surface area (Å²) in [4.78, 5) is 11.9. The van der Waals surface area contributed by atoms with Crippen LogP contribution >= 0.6 is 11.6 Å². The van der Waals surface area contributed by atoms with Crippen LogP contribution in [0.3, 0.4) is 0 Å². The van der Waals surface area contributed by atoms with Gasteiger partial charge in [-0.15, -0.1) is 0 Å². The molecule has 0 radical (unpaired) electrons. The molecule has 0 bridgehead atoms. The maximum absolute atomic E-state index is 11.9.